The lowest BCUT2D eigenvalue weighted by Crippen LogP contribution is -2.44. The molecule has 0 bridgehead atoms. The van der Waals surface area contributed by atoms with Crippen molar-refractivity contribution in [3.63, 3.8) is 0 Å². The highest BCUT2D eigenvalue weighted by Gasteiger charge is 2.34. The predicted molar refractivity (Wildman–Crippen MR) is 110 cm³/mol. The number of halogens is 1. The van der Waals surface area contributed by atoms with Gasteiger partial charge in [-0.3, -0.25) is 9.59 Å². The Hall–Kier alpha value is -3.02. The third-order valence-corrected chi connectivity index (χ3v) is 5.95. The van der Waals surface area contributed by atoms with Crippen molar-refractivity contribution in [1.82, 2.24) is 15.1 Å². The molecule has 0 saturated heterocycles. The summed E-state index contributed by atoms with van der Waals surface area (Å²) in [5, 5.41) is 8.43. The van der Waals surface area contributed by atoms with Gasteiger partial charge in [-0.1, -0.05) is 49.6 Å². The van der Waals surface area contributed by atoms with Gasteiger partial charge >= 0.3 is 0 Å². The highest BCUT2D eigenvalue weighted by Crippen LogP contribution is 2.39. The van der Waals surface area contributed by atoms with Crippen LogP contribution in [-0.4, -0.2) is 22.2 Å². The van der Waals surface area contributed by atoms with E-state index in [0.717, 1.165) is 36.6 Å². The maximum atomic E-state index is 13.4. The number of rotatable bonds is 5. The standard InChI is InChI=1S/C23H24FN3O2/c24-19-10-8-18(9-11-19)23(12-4-1-5-13-23)16-25-21(28)15-27-22(29)20-7-3-2-6-17(20)14-26-27/h2-3,6-11,14H,1,4-5,12-13,15-16H2,(H,25,28). The van der Waals surface area contributed by atoms with E-state index in [1.54, 1.807) is 18.3 Å². The molecule has 0 aliphatic heterocycles. The first-order valence-electron chi connectivity index (χ1n) is 10.1. The van der Waals surface area contributed by atoms with Crippen LogP contribution in [0, 0.1) is 5.82 Å². The molecule has 6 heteroatoms. The van der Waals surface area contributed by atoms with E-state index in [2.05, 4.69) is 10.4 Å². The topological polar surface area (TPSA) is 64.0 Å². The zero-order valence-corrected chi connectivity index (χ0v) is 16.2. The Morgan fingerprint density at radius 2 is 1.79 bits per heavy atom. The van der Waals surface area contributed by atoms with Gasteiger partial charge in [-0.2, -0.15) is 5.10 Å². The normalized spacial score (nSPS) is 15.9. The maximum absolute atomic E-state index is 13.4. The predicted octanol–water partition coefficient (Wildman–Crippen LogP) is 3.55. The summed E-state index contributed by atoms with van der Waals surface area (Å²) < 4.78 is 14.6. The van der Waals surface area contributed by atoms with Crippen molar-refractivity contribution < 1.29 is 9.18 Å². The lowest BCUT2D eigenvalue weighted by Gasteiger charge is -2.38. The van der Waals surface area contributed by atoms with Crippen molar-refractivity contribution in [2.45, 2.75) is 44.1 Å². The fourth-order valence-electron chi connectivity index (χ4n) is 4.30. The smallest absolute Gasteiger partial charge is 0.275 e. The summed E-state index contributed by atoms with van der Waals surface area (Å²) in [7, 11) is 0. The highest BCUT2D eigenvalue weighted by atomic mass is 19.1. The monoisotopic (exact) mass is 393 g/mol. The molecule has 1 heterocycles. The average Bonchev–Trinajstić information content (AvgIpc) is 2.76. The number of hydrogen-bond donors (Lipinski definition) is 1. The van der Waals surface area contributed by atoms with E-state index >= 15 is 0 Å². The van der Waals surface area contributed by atoms with Gasteiger partial charge in [-0.25, -0.2) is 9.07 Å². The maximum Gasteiger partial charge on any atom is 0.275 e. The van der Waals surface area contributed by atoms with Crippen LogP contribution < -0.4 is 10.9 Å². The van der Waals surface area contributed by atoms with Gasteiger partial charge in [0, 0.05) is 17.3 Å². The van der Waals surface area contributed by atoms with Crippen LogP contribution >= 0.6 is 0 Å². The molecule has 29 heavy (non-hydrogen) atoms. The Morgan fingerprint density at radius 3 is 2.55 bits per heavy atom. The molecule has 0 atom stereocenters. The summed E-state index contributed by atoms with van der Waals surface area (Å²) >= 11 is 0. The molecule has 1 aliphatic rings. The van der Waals surface area contributed by atoms with Gasteiger partial charge in [-0.05, 0) is 36.6 Å². The molecule has 4 rings (SSSR count). The minimum atomic E-state index is -0.274. The molecule has 1 aromatic heterocycles. The molecule has 0 unspecified atom stereocenters. The zero-order valence-electron chi connectivity index (χ0n) is 16.2. The summed E-state index contributed by atoms with van der Waals surface area (Å²) in [6.45, 7) is 0.350. The fraction of sp³-hybridized carbons (Fsp3) is 0.348. The second-order valence-corrected chi connectivity index (χ2v) is 7.82. The largest absolute Gasteiger partial charge is 0.354 e. The number of hydrogen-bond acceptors (Lipinski definition) is 3. The summed E-state index contributed by atoms with van der Waals surface area (Å²) in [4.78, 5) is 25.2. The lowest BCUT2D eigenvalue weighted by atomic mass is 9.69. The molecule has 0 spiro atoms. The minimum absolute atomic E-state index is 0.122. The van der Waals surface area contributed by atoms with Gasteiger partial charge in [0.15, 0.2) is 0 Å². The molecule has 1 fully saturated rings. The third-order valence-electron chi connectivity index (χ3n) is 5.95. The molecule has 5 nitrogen and oxygen atoms in total. The summed E-state index contributed by atoms with van der Waals surface area (Å²) in [6.07, 6.45) is 6.84. The Labute approximate surface area is 168 Å². The highest BCUT2D eigenvalue weighted by molar-refractivity contribution is 5.81. The van der Waals surface area contributed by atoms with E-state index in [0.29, 0.717) is 11.9 Å². The van der Waals surface area contributed by atoms with Gasteiger partial charge in [-0.15, -0.1) is 0 Å². The second-order valence-electron chi connectivity index (χ2n) is 7.82. The second kappa shape index (κ2) is 8.15. The number of carbonyl (C=O) groups excluding carboxylic acids is 1. The third kappa shape index (κ3) is 4.06. The number of carbonyl (C=O) groups is 1. The van der Waals surface area contributed by atoms with Gasteiger partial charge in [0.05, 0.1) is 11.6 Å². The molecular weight excluding hydrogens is 369 g/mol. The van der Waals surface area contributed by atoms with Crippen molar-refractivity contribution in [2.75, 3.05) is 6.54 Å². The van der Waals surface area contributed by atoms with Crippen molar-refractivity contribution >= 4 is 16.7 Å². The molecule has 1 N–H and O–H groups in total. The van der Waals surface area contributed by atoms with E-state index in [1.807, 2.05) is 24.3 Å². The number of nitrogens with zero attached hydrogens (tertiary/aromatic N) is 2. The van der Waals surface area contributed by atoms with Crippen LogP contribution in [0.2, 0.25) is 0 Å². The van der Waals surface area contributed by atoms with Crippen molar-refractivity contribution in [3.05, 3.63) is 76.5 Å². The van der Waals surface area contributed by atoms with E-state index < -0.39 is 0 Å². The molecule has 1 amide bonds. The van der Waals surface area contributed by atoms with Crippen LogP contribution in [0.5, 0.6) is 0 Å². The average molecular weight is 393 g/mol. The fourth-order valence-corrected chi connectivity index (χ4v) is 4.30. The van der Waals surface area contributed by atoms with Gasteiger partial charge in [0.2, 0.25) is 5.91 Å². The lowest BCUT2D eigenvalue weighted by molar-refractivity contribution is -0.122. The Kier molecular flexibility index (Phi) is 5.43. The van der Waals surface area contributed by atoms with Crippen LogP contribution in [0.15, 0.2) is 59.5 Å². The Balaban J connectivity index is 1.49. The van der Waals surface area contributed by atoms with E-state index in [1.165, 1.54) is 23.2 Å². The quantitative estimate of drug-likeness (QED) is 0.721. The van der Waals surface area contributed by atoms with Crippen molar-refractivity contribution in [2.24, 2.45) is 0 Å². The number of nitrogens with one attached hydrogen (secondary N) is 1. The molecular formula is C23H24FN3O2. The Morgan fingerprint density at radius 1 is 1.07 bits per heavy atom. The SMILES string of the molecule is O=C(Cn1ncc2ccccc2c1=O)NCC1(c2ccc(F)cc2)CCCCC1. The number of fused-ring (bicyclic) bond motifs is 1. The molecule has 1 saturated carbocycles. The van der Waals surface area contributed by atoms with Crippen molar-refractivity contribution in [3.8, 4) is 0 Å². The van der Waals surface area contributed by atoms with Gasteiger partial charge < -0.3 is 5.32 Å². The molecule has 150 valence electrons. The molecule has 1 aliphatic carbocycles. The first-order chi connectivity index (χ1) is 14.1. The van der Waals surface area contributed by atoms with E-state index in [9.17, 15) is 14.0 Å². The minimum Gasteiger partial charge on any atom is -0.354 e. The number of amides is 1. The van der Waals surface area contributed by atoms with E-state index in [-0.39, 0.29) is 29.2 Å². The van der Waals surface area contributed by atoms with Crippen LogP contribution in [0.1, 0.15) is 37.7 Å². The molecule has 0 radical (unpaired) electrons. The first kappa shape index (κ1) is 19.3. The zero-order chi connectivity index (χ0) is 20.3. The van der Waals surface area contributed by atoms with Crippen molar-refractivity contribution in [1.29, 1.82) is 0 Å². The summed E-state index contributed by atoms with van der Waals surface area (Å²) in [6, 6.07) is 13.8. The van der Waals surface area contributed by atoms with Crippen LogP contribution in [0.4, 0.5) is 4.39 Å². The molecule has 2 aromatic carbocycles. The summed E-state index contributed by atoms with van der Waals surface area (Å²) in [5.41, 5.74) is 0.590. The van der Waals surface area contributed by atoms with Gasteiger partial charge in [0.1, 0.15) is 12.4 Å². The van der Waals surface area contributed by atoms with Crippen LogP contribution in [0.3, 0.4) is 0 Å². The van der Waals surface area contributed by atoms with E-state index in [4.69, 9.17) is 0 Å². The summed E-state index contributed by atoms with van der Waals surface area (Å²) in [5.74, 6) is -0.507. The van der Waals surface area contributed by atoms with Gasteiger partial charge in [0.25, 0.3) is 5.56 Å². The Bertz CT molecular complexity index is 1070. The molecule has 3 aromatic rings. The van der Waals surface area contributed by atoms with Crippen LogP contribution in [-0.2, 0) is 16.8 Å². The number of benzene rings is 2. The number of aromatic nitrogens is 2. The van der Waals surface area contributed by atoms with Crippen LogP contribution in [0.25, 0.3) is 10.8 Å². The first-order valence-corrected chi connectivity index (χ1v) is 10.1.